The summed E-state index contributed by atoms with van der Waals surface area (Å²) in [7, 11) is 0. The Hall–Kier alpha value is -2.21. The third kappa shape index (κ3) is 2.18. The Morgan fingerprint density at radius 3 is 2.75 bits per heavy atom. The summed E-state index contributed by atoms with van der Waals surface area (Å²) < 4.78 is 13.9. The average molecular weight is 275 g/mol. The Labute approximate surface area is 116 Å². The summed E-state index contributed by atoms with van der Waals surface area (Å²) in [5, 5.41) is 0. The van der Waals surface area contributed by atoms with Crippen LogP contribution in [0.25, 0.3) is 0 Å². The summed E-state index contributed by atoms with van der Waals surface area (Å²) >= 11 is 0. The number of imidazole rings is 1. The minimum atomic E-state index is -0.269. The molecule has 1 aromatic heterocycles. The number of aromatic nitrogens is 2. The van der Waals surface area contributed by atoms with Crippen molar-refractivity contribution in [1.29, 1.82) is 0 Å². The topological polar surface area (TPSA) is 71.4 Å². The zero-order chi connectivity index (χ0) is 14.1. The van der Waals surface area contributed by atoms with Crippen LogP contribution in [0.3, 0.4) is 0 Å². The molecule has 0 aliphatic carbocycles. The molecule has 1 aliphatic rings. The maximum Gasteiger partial charge on any atom is 0.328 e. The highest BCUT2D eigenvalue weighted by Gasteiger charge is 2.16. The van der Waals surface area contributed by atoms with Crippen LogP contribution >= 0.6 is 0 Å². The van der Waals surface area contributed by atoms with Crippen LogP contribution in [0.2, 0.25) is 0 Å². The van der Waals surface area contributed by atoms with Gasteiger partial charge in [0, 0.05) is 31.5 Å². The zero-order valence-corrected chi connectivity index (χ0v) is 11.3. The molecule has 3 rings (SSSR count). The molecule has 0 fully saturated rings. The van der Waals surface area contributed by atoms with Crippen molar-refractivity contribution < 1.29 is 9.47 Å². The van der Waals surface area contributed by atoms with Gasteiger partial charge < -0.3 is 15.2 Å². The van der Waals surface area contributed by atoms with Crippen molar-refractivity contribution in [3.63, 3.8) is 0 Å². The molecule has 0 saturated carbocycles. The van der Waals surface area contributed by atoms with Crippen molar-refractivity contribution in [2.24, 2.45) is 5.73 Å². The predicted octanol–water partition coefficient (Wildman–Crippen LogP) is 1.10. The fourth-order valence-electron chi connectivity index (χ4n) is 2.29. The number of hydrogen-bond acceptors (Lipinski definition) is 4. The van der Waals surface area contributed by atoms with Gasteiger partial charge in [-0.2, -0.15) is 0 Å². The predicted molar refractivity (Wildman–Crippen MR) is 73.9 cm³/mol. The lowest BCUT2D eigenvalue weighted by atomic mass is 10.1. The third-order valence-corrected chi connectivity index (χ3v) is 3.48. The van der Waals surface area contributed by atoms with E-state index in [0.29, 0.717) is 18.8 Å². The van der Waals surface area contributed by atoms with E-state index < -0.39 is 0 Å². The molecule has 6 nitrogen and oxygen atoms in total. The zero-order valence-electron chi connectivity index (χ0n) is 11.3. The van der Waals surface area contributed by atoms with E-state index in [0.717, 1.165) is 11.3 Å². The van der Waals surface area contributed by atoms with E-state index in [1.54, 1.807) is 21.5 Å². The smallest absolute Gasteiger partial charge is 0.328 e. The molecule has 2 N–H and O–H groups in total. The maximum absolute atomic E-state index is 12.0. The van der Waals surface area contributed by atoms with Crippen LogP contribution in [0.15, 0.2) is 35.4 Å². The lowest BCUT2D eigenvalue weighted by Gasteiger charge is -2.12. The van der Waals surface area contributed by atoms with E-state index in [-0.39, 0.29) is 18.5 Å². The van der Waals surface area contributed by atoms with Crippen molar-refractivity contribution in [3.05, 3.63) is 46.6 Å². The molecule has 0 radical (unpaired) electrons. The summed E-state index contributed by atoms with van der Waals surface area (Å²) in [5.74, 6) is 1.44. The second-order valence-electron chi connectivity index (χ2n) is 4.74. The van der Waals surface area contributed by atoms with Crippen LogP contribution in [0.1, 0.15) is 18.5 Å². The molecule has 20 heavy (non-hydrogen) atoms. The van der Waals surface area contributed by atoms with Crippen LogP contribution in [-0.2, 0) is 13.1 Å². The number of nitrogens with two attached hydrogens (primary N) is 1. The molecule has 1 atom stereocenters. The van der Waals surface area contributed by atoms with E-state index in [1.165, 1.54) is 0 Å². The monoisotopic (exact) mass is 275 g/mol. The number of fused-ring (bicyclic) bond motifs is 1. The molecule has 1 unspecified atom stereocenters. The lowest BCUT2D eigenvalue weighted by Crippen LogP contribution is -2.28. The van der Waals surface area contributed by atoms with Gasteiger partial charge in [0.15, 0.2) is 11.5 Å². The number of aryl methyl sites for hydroxylation is 1. The van der Waals surface area contributed by atoms with Gasteiger partial charge in [-0.15, -0.1) is 0 Å². The standard InChI is InChI=1S/C14H17N3O3/c1-2-16-5-6-17(14(16)18)8-11(15)10-3-4-12-13(7-10)20-9-19-12/h3-7,11H,2,8-9,15H2,1H3. The van der Waals surface area contributed by atoms with Crippen molar-refractivity contribution in [2.45, 2.75) is 26.1 Å². The molecule has 6 heteroatoms. The number of benzene rings is 1. The molecule has 1 aliphatic heterocycles. The third-order valence-electron chi connectivity index (χ3n) is 3.48. The molecule has 0 bridgehead atoms. The molecular formula is C14H17N3O3. The molecule has 2 aromatic rings. The maximum atomic E-state index is 12.0. The van der Waals surface area contributed by atoms with Gasteiger partial charge in [0.05, 0.1) is 0 Å². The SMILES string of the molecule is CCn1ccn(CC(N)c2ccc3c(c2)OCO3)c1=O. The van der Waals surface area contributed by atoms with Crippen molar-refractivity contribution in [2.75, 3.05) is 6.79 Å². The van der Waals surface area contributed by atoms with Gasteiger partial charge in [-0.3, -0.25) is 9.13 Å². The first-order valence-electron chi connectivity index (χ1n) is 6.59. The van der Waals surface area contributed by atoms with Crippen LogP contribution < -0.4 is 20.9 Å². The van der Waals surface area contributed by atoms with E-state index >= 15 is 0 Å². The Kier molecular flexibility index (Phi) is 3.23. The summed E-state index contributed by atoms with van der Waals surface area (Å²) in [6, 6.07) is 5.35. The van der Waals surface area contributed by atoms with Crippen molar-refractivity contribution in [3.8, 4) is 11.5 Å². The molecule has 106 valence electrons. The number of rotatable bonds is 4. The van der Waals surface area contributed by atoms with Crippen LogP contribution in [0, 0.1) is 0 Å². The Morgan fingerprint density at radius 1 is 1.25 bits per heavy atom. The molecule has 0 spiro atoms. The molecule has 2 heterocycles. The molecule has 1 aromatic carbocycles. The van der Waals surface area contributed by atoms with Gasteiger partial charge in [-0.25, -0.2) is 4.79 Å². The minimum absolute atomic E-state index is 0.0382. The normalized spacial score (nSPS) is 14.5. The molecule has 0 saturated heterocycles. The quantitative estimate of drug-likeness (QED) is 0.907. The fourth-order valence-corrected chi connectivity index (χ4v) is 2.29. The minimum Gasteiger partial charge on any atom is -0.454 e. The van der Waals surface area contributed by atoms with E-state index in [9.17, 15) is 4.79 Å². The number of hydrogen-bond donors (Lipinski definition) is 1. The lowest BCUT2D eigenvalue weighted by molar-refractivity contribution is 0.174. The highest BCUT2D eigenvalue weighted by molar-refractivity contribution is 5.45. The average Bonchev–Trinajstić information content (AvgIpc) is 3.05. The summed E-state index contributed by atoms with van der Waals surface area (Å²) in [6.07, 6.45) is 3.54. The second kappa shape index (κ2) is 5.05. The highest BCUT2D eigenvalue weighted by Crippen LogP contribution is 2.33. The van der Waals surface area contributed by atoms with Gasteiger partial charge >= 0.3 is 5.69 Å². The first-order valence-corrected chi connectivity index (χ1v) is 6.59. The van der Waals surface area contributed by atoms with Crippen molar-refractivity contribution >= 4 is 0 Å². The van der Waals surface area contributed by atoms with Gasteiger partial charge in [0.25, 0.3) is 0 Å². The van der Waals surface area contributed by atoms with Gasteiger partial charge in [-0.05, 0) is 24.6 Å². The van der Waals surface area contributed by atoms with Gasteiger partial charge in [0.2, 0.25) is 6.79 Å². The fraction of sp³-hybridized carbons (Fsp3) is 0.357. The summed E-state index contributed by atoms with van der Waals surface area (Å²) in [6.45, 7) is 3.27. The molecular weight excluding hydrogens is 258 g/mol. The largest absolute Gasteiger partial charge is 0.454 e. The summed E-state index contributed by atoms with van der Waals surface area (Å²) in [4.78, 5) is 12.0. The van der Waals surface area contributed by atoms with Gasteiger partial charge in [0.1, 0.15) is 0 Å². The Bertz CT molecular complexity index is 675. The van der Waals surface area contributed by atoms with E-state index in [4.69, 9.17) is 15.2 Å². The Balaban J connectivity index is 1.80. The Morgan fingerprint density at radius 2 is 2.00 bits per heavy atom. The van der Waals surface area contributed by atoms with E-state index in [1.807, 2.05) is 25.1 Å². The number of nitrogens with zero attached hydrogens (tertiary/aromatic N) is 2. The van der Waals surface area contributed by atoms with Crippen molar-refractivity contribution in [1.82, 2.24) is 9.13 Å². The highest BCUT2D eigenvalue weighted by atomic mass is 16.7. The van der Waals surface area contributed by atoms with Gasteiger partial charge in [-0.1, -0.05) is 6.07 Å². The van der Waals surface area contributed by atoms with Crippen LogP contribution in [0.4, 0.5) is 0 Å². The van der Waals surface area contributed by atoms with E-state index in [2.05, 4.69) is 0 Å². The van der Waals surface area contributed by atoms with Crippen LogP contribution in [-0.4, -0.2) is 15.9 Å². The first-order chi connectivity index (χ1) is 9.69. The van der Waals surface area contributed by atoms with Crippen LogP contribution in [0.5, 0.6) is 11.5 Å². The summed E-state index contributed by atoms with van der Waals surface area (Å²) in [5.41, 5.74) is 7.06. The second-order valence-corrected chi connectivity index (χ2v) is 4.74. The number of ether oxygens (including phenoxy) is 2. The first kappa shape index (κ1) is 12.8. The molecule has 0 amide bonds.